The summed E-state index contributed by atoms with van der Waals surface area (Å²) in [5.74, 6) is 0.722. The van der Waals surface area contributed by atoms with Crippen molar-refractivity contribution < 1.29 is 28.7 Å². The monoisotopic (exact) mass is 736 g/mol. The SMILES string of the molecule is CCOC(=O)N1CCC(C2CCN(C(=O)[C@@H](Cc3cc(C)c(N)c(Cl)c3)OC(=O)N3CCC(N4CCc5ccccc5NC4=O)CC3)C(C)C2)CC1. The Kier molecular flexibility index (Phi) is 12.0. The molecule has 13 heteroatoms. The Labute approximate surface area is 311 Å². The van der Waals surface area contributed by atoms with E-state index >= 15 is 0 Å². The number of anilines is 2. The fraction of sp³-hybridized carbons (Fsp3) is 0.590. The van der Waals surface area contributed by atoms with Gasteiger partial charge in [0.15, 0.2) is 6.10 Å². The van der Waals surface area contributed by atoms with Crippen LogP contribution >= 0.6 is 11.6 Å². The maximum absolute atomic E-state index is 14.3. The number of nitrogens with one attached hydrogen (secondary N) is 1. The number of likely N-dealkylation sites (tertiary alicyclic amines) is 3. The van der Waals surface area contributed by atoms with Crippen molar-refractivity contribution in [2.24, 2.45) is 11.8 Å². The van der Waals surface area contributed by atoms with Gasteiger partial charge >= 0.3 is 18.2 Å². The molecule has 282 valence electrons. The van der Waals surface area contributed by atoms with Crippen LogP contribution in [0.4, 0.5) is 25.8 Å². The van der Waals surface area contributed by atoms with Crippen molar-refractivity contribution in [1.82, 2.24) is 19.6 Å². The quantitative estimate of drug-likeness (QED) is 0.317. The van der Waals surface area contributed by atoms with Gasteiger partial charge in [0.05, 0.1) is 17.3 Å². The number of para-hydroxylation sites is 1. The van der Waals surface area contributed by atoms with Crippen LogP contribution in [0.5, 0.6) is 0 Å². The summed E-state index contributed by atoms with van der Waals surface area (Å²) in [5, 5.41) is 3.45. The molecule has 3 atom stereocenters. The molecule has 6 rings (SSSR count). The van der Waals surface area contributed by atoms with Crippen molar-refractivity contribution >= 4 is 47.1 Å². The second-order valence-corrected chi connectivity index (χ2v) is 15.2. The number of aryl methyl sites for hydroxylation is 1. The van der Waals surface area contributed by atoms with Gasteiger partial charge in [-0.1, -0.05) is 35.9 Å². The summed E-state index contributed by atoms with van der Waals surface area (Å²) in [6, 6.07) is 11.3. The number of carbonyl (C=O) groups excluding carboxylic acids is 4. The Hall–Kier alpha value is -4.19. The second kappa shape index (κ2) is 16.7. The van der Waals surface area contributed by atoms with E-state index in [0.29, 0.717) is 81.3 Å². The maximum atomic E-state index is 14.3. The number of nitrogens with zero attached hydrogens (tertiary/aromatic N) is 4. The van der Waals surface area contributed by atoms with E-state index in [2.05, 4.69) is 12.2 Å². The Morgan fingerprint density at radius 1 is 0.942 bits per heavy atom. The predicted octanol–water partition coefficient (Wildman–Crippen LogP) is 6.33. The number of carbonyl (C=O) groups is 4. The van der Waals surface area contributed by atoms with Crippen molar-refractivity contribution in [2.45, 2.75) is 90.3 Å². The average molecular weight is 737 g/mol. The van der Waals surface area contributed by atoms with Gasteiger partial charge in [0.1, 0.15) is 0 Å². The van der Waals surface area contributed by atoms with Gasteiger partial charge in [-0.25, -0.2) is 14.4 Å². The molecule has 4 aliphatic rings. The number of nitrogen functional groups attached to an aromatic ring is 1. The Bertz CT molecular complexity index is 1600. The van der Waals surface area contributed by atoms with Crippen molar-refractivity contribution in [3.8, 4) is 0 Å². The van der Waals surface area contributed by atoms with E-state index in [1.165, 1.54) is 0 Å². The number of piperidine rings is 3. The summed E-state index contributed by atoms with van der Waals surface area (Å²) in [6.45, 7) is 9.54. The number of urea groups is 1. The molecule has 3 N–H and O–H groups in total. The van der Waals surface area contributed by atoms with E-state index in [1.54, 1.807) is 15.9 Å². The highest BCUT2D eigenvalue weighted by Crippen LogP contribution is 2.36. The molecule has 4 aliphatic heterocycles. The zero-order valence-corrected chi connectivity index (χ0v) is 31.4. The summed E-state index contributed by atoms with van der Waals surface area (Å²) >= 11 is 6.44. The van der Waals surface area contributed by atoms with Crippen molar-refractivity contribution in [3.05, 3.63) is 58.1 Å². The second-order valence-electron chi connectivity index (χ2n) is 14.8. The molecule has 4 heterocycles. The first-order valence-electron chi connectivity index (χ1n) is 18.9. The number of nitrogens with two attached hydrogens (primary N) is 1. The van der Waals surface area contributed by atoms with Crippen LogP contribution in [0.25, 0.3) is 0 Å². The van der Waals surface area contributed by atoms with Crippen LogP contribution in [0.1, 0.15) is 69.1 Å². The third-order valence-corrected chi connectivity index (χ3v) is 11.9. The minimum Gasteiger partial charge on any atom is -0.450 e. The lowest BCUT2D eigenvalue weighted by molar-refractivity contribution is -0.145. The van der Waals surface area contributed by atoms with Crippen LogP contribution in [-0.4, -0.2) is 108 Å². The first kappa shape index (κ1) is 37.6. The molecule has 2 aromatic rings. The lowest BCUT2D eigenvalue weighted by atomic mass is 9.76. The molecule has 0 saturated carbocycles. The molecule has 52 heavy (non-hydrogen) atoms. The zero-order chi connectivity index (χ0) is 36.9. The van der Waals surface area contributed by atoms with Gasteiger partial charge in [-0.2, -0.15) is 0 Å². The van der Waals surface area contributed by atoms with Crippen LogP contribution in [0, 0.1) is 18.8 Å². The highest BCUT2D eigenvalue weighted by atomic mass is 35.5. The normalized spacial score (nSPS) is 22.3. The molecule has 12 nitrogen and oxygen atoms in total. The van der Waals surface area contributed by atoms with E-state index in [1.807, 2.05) is 54.0 Å². The van der Waals surface area contributed by atoms with E-state index < -0.39 is 12.2 Å². The molecular weight excluding hydrogens is 684 g/mol. The predicted molar refractivity (Wildman–Crippen MR) is 200 cm³/mol. The fourth-order valence-corrected chi connectivity index (χ4v) is 8.84. The summed E-state index contributed by atoms with van der Waals surface area (Å²) < 4.78 is 11.3. The maximum Gasteiger partial charge on any atom is 0.410 e. The third-order valence-electron chi connectivity index (χ3n) is 11.6. The number of rotatable bonds is 7. The Morgan fingerprint density at radius 2 is 1.62 bits per heavy atom. The lowest BCUT2D eigenvalue weighted by Crippen LogP contribution is -2.53. The number of amides is 5. The molecule has 0 spiro atoms. The Morgan fingerprint density at radius 3 is 2.31 bits per heavy atom. The molecule has 0 aliphatic carbocycles. The van der Waals surface area contributed by atoms with Gasteiger partial charge in [0.25, 0.3) is 5.91 Å². The number of halogens is 1. The van der Waals surface area contributed by atoms with E-state index in [0.717, 1.165) is 54.5 Å². The fourth-order valence-electron chi connectivity index (χ4n) is 8.55. The van der Waals surface area contributed by atoms with Gasteiger partial charge in [-0.3, -0.25) is 4.79 Å². The summed E-state index contributed by atoms with van der Waals surface area (Å²) in [5.41, 5.74) is 10.1. The van der Waals surface area contributed by atoms with Gasteiger partial charge in [-0.15, -0.1) is 0 Å². The average Bonchev–Trinajstić information content (AvgIpc) is 3.31. The molecule has 2 aromatic carbocycles. The lowest BCUT2D eigenvalue weighted by Gasteiger charge is -2.44. The topological polar surface area (TPSA) is 138 Å². The van der Waals surface area contributed by atoms with Gasteiger partial charge in [0, 0.05) is 63.5 Å². The van der Waals surface area contributed by atoms with Crippen molar-refractivity contribution in [1.29, 1.82) is 0 Å². The number of benzene rings is 2. The highest BCUT2D eigenvalue weighted by molar-refractivity contribution is 6.33. The zero-order valence-electron chi connectivity index (χ0n) is 30.7. The van der Waals surface area contributed by atoms with Crippen molar-refractivity contribution in [3.63, 3.8) is 0 Å². The standard InChI is InChI=1S/C39H53ClN6O6/c1-4-51-38(49)43-15-9-28(10-16-43)30-12-19-45(26(3)22-30)36(47)34(24-27-21-25(2)35(41)32(40)23-27)52-39(50)44-17-13-31(14-18-44)46-20-11-29-7-5-6-8-33(29)42-37(46)48/h5-8,21,23,26,28,30-31,34H,4,9-20,22,24,41H2,1-3H3,(H,42,48)/t26?,30?,34-/m1/s1. The van der Waals surface area contributed by atoms with Gasteiger partial charge in [-0.05, 0) is 106 Å². The van der Waals surface area contributed by atoms with Crippen LogP contribution in [0.2, 0.25) is 5.02 Å². The number of hydrogen-bond donors (Lipinski definition) is 2. The number of hydrogen-bond acceptors (Lipinski definition) is 7. The molecule has 3 saturated heterocycles. The van der Waals surface area contributed by atoms with E-state index in [4.69, 9.17) is 26.8 Å². The minimum absolute atomic E-state index is 0.00442. The van der Waals surface area contributed by atoms with Crippen LogP contribution in [0.3, 0.4) is 0 Å². The van der Waals surface area contributed by atoms with Gasteiger partial charge in [0.2, 0.25) is 0 Å². The van der Waals surface area contributed by atoms with E-state index in [9.17, 15) is 19.2 Å². The minimum atomic E-state index is -1.04. The molecule has 2 unspecified atom stereocenters. The molecule has 5 amide bonds. The third kappa shape index (κ3) is 8.54. The molecule has 0 bridgehead atoms. The summed E-state index contributed by atoms with van der Waals surface area (Å²) in [7, 11) is 0. The van der Waals surface area contributed by atoms with E-state index in [-0.39, 0.29) is 36.5 Å². The molecule has 0 radical (unpaired) electrons. The summed E-state index contributed by atoms with van der Waals surface area (Å²) in [6.07, 6.45) is 3.93. The van der Waals surface area contributed by atoms with Crippen LogP contribution in [-0.2, 0) is 27.1 Å². The first-order valence-corrected chi connectivity index (χ1v) is 19.3. The summed E-state index contributed by atoms with van der Waals surface area (Å²) in [4.78, 5) is 60.6. The molecule has 3 fully saturated rings. The van der Waals surface area contributed by atoms with Gasteiger partial charge < -0.3 is 40.1 Å². The van der Waals surface area contributed by atoms with Crippen LogP contribution in [0.15, 0.2) is 36.4 Å². The smallest absolute Gasteiger partial charge is 0.410 e. The van der Waals surface area contributed by atoms with Crippen LogP contribution < -0.4 is 11.1 Å². The Balaban J connectivity index is 1.08. The molecule has 0 aromatic heterocycles. The highest BCUT2D eigenvalue weighted by Gasteiger charge is 2.39. The van der Waals surface area contributed by atoms with Crippen molar-refractivity contribution in [2.75, 3.05) is 56.9 Å². The molecular formula is C39H53ClN6O6. The first-order chi connectivity index (χ1) is 25.0. The number of fused-ring (bicyclic) bond motifs is 1. The largest absolute Gasteiger partial charge is 0.450 e. The number of ether oxygens (including phenoxy) is 2.